The third-order valence-corrected chi connectivity index (χ3v) is 6.30. The molecule has 1 saturated carbocycles. The maximum atomic E-state index is 12.9. The number of pyridine rings is 1. The Hall–Kier alpha value is -2.15. The van der Waals surface area contributed by atoms with Crippen molar-refractivity contribution in [3.8, 4) is 5.88 Å². The van der Waals surface area contributed by atoms with Crippen molar-refractivity contribution in [2.24, 2.45) is 0 Å². The van der Waals surface area contributed by atoms with E-state index >= 15 is 0 Å². The zero-order chi connectivity index (χ0) is 19.7. The first-order valence-electron chi connectivity index (χ1n) is 10.3. The van der Waals surface area contributed by atoms with Gasteiger partial charge in [-0.25, -0.2) is 4.98 Å². The molecule has 7 nitrogen and oxygen atoms in total. The Labute approximate surface area is 165 Å². The molecule has 0 aromatic carbocycles. The van der Waals surface area contributed by atoms with E-state index < -0.39 is 5.60 Å². The first-order chi connectivity index (χ1) is 13.5. The van der Waals surface area contributed by atoms with Crippen molar-refractivity contribution in [2.45, 2.75) is 76.6 Å². The van der Waals surface area contributed by atoms with Gasteiger partial charge < -0.3 is 19.7 Å². The van der Waals surface area contributed by atoms with Gasteiger partial charge in [0.05, 0.1) is 24.9 Å². The minimum Gasteiger partial charge on any atom is -0.481 e. The van der Waals surface area contributed by atoms with E-state index in [-0.39, 0.29) is 18.4 Å². The standard InChI is InChI=1S/C21H29N3O4/c1-21(9-5-6-10-28-21)20(26)22-12-14-11-16-17(23-18(14)27-2)13-24(19(16)25)15-7-3-4-8-15/h11,15H,3-10,12-13H2,1-2H3,(H,22,26)/t21-/m0/s1. The number of hydrogen-bond acceptors (Lipinski definition) is 5. The Morgan fingerprint density at radius 2 is 2.14 bits per heavy atom. The fourth-order valence-corrected chi connectivity index (χ4v) is 4.56. The molecule has 152 valence electrons. The number of amides is 2. The third kappa shape index (κ3) is 3.48. The molecule has 4 rings (SSSR count). The van der Waals surface area contributed by atoms with Crippen LogP contribution in [-0.2, 0) is 22.6 Å². The number of carbonyl (C=O) groups excluding carboxylic acids is 2. The fraction of sp³-hybridized carbons (Fsp3) is 0.667. The number of ether oxygens (including phenoxy) is 2. The number of nitrogens with zero attached hydrogens (tertiary/aromatic N) is 2. The van der Waals surface area contributed by atoms with E-state index in [1.54, 1.807) is 7.11 Å². The average molecular weight is 387 g/mol. The lowest BCUT2D eigenvalue weighted by Crippen LogP contribution is -2.48. The molecular formula is C21H29N3O4. The molecule has 1 aromatic rings. The number of aromatic nitrogens is 1. The summed E-state index contributed by atoms with van der Waals surface area (Å²) in [7, 11) is 1.57. The van der Waals surface area contributed by atoms with E-state index in [0.29, 0.717) is 37.1 Å². The second-order valence-corrected chi connectivity index (χ2v) is 8.24. The van der Waals surface area contributed by atoms with Crippen LogP contribution >= 0.6 is 0 Å². The topological polar surface area (TPSA) is 80.8 Å². The summed E-state index contributed by atoms with van der Waals surface area (Å²) < 4.78 is 11.2. The SMILES string of the molecule is COc1nc2c(cc1CNC(=O)[C@]1(C)CCCCO1)C(=O)N(C1CCCC1)C2. The Balaban J connectivity index is 1.49. The second kappa shape index (κ2) is 7.70. The molecule has 0 spiro atoms. The Bertz CT molecular complexity index is 767. The van der Waals surface area contributed by atoms with Crippen molar-refractivity contribution in [3.63, 3.8) is 0 Å². The highest BCUT2D eigenvalue weighted by atomic mass is 16.5. The van der Waals surface area contributed by atoms with E-state index in [1.165, 1.54) is 12.8 Å². The number of rotatable bonds is 5. The van der Waals surface area contributed by atoms with Crippen molar-refractivity contribution in [2.75, 3.05) is 13.7 Å². The van der Waals surface area contributed by atoms with Crippen LogP contribution in [0.25, 0.3) is 0 Å². The molecule has 2 fully saturated rings. The summed E-state index contributed by atoms with van der Waals surface area (Å²) in [4.78, 5) is 32.1. The van der Waals surface area contributed by atoms with E-state index in [1.807, 2.05) is 17.9 Å². The van der Waals surface area contributed by atoms with Gasteiger partial charge in [0.25, 0.3) is 11.8 Å². The molecule has 7 heteroatoms. The Morgan fingerprint density at radius 3 is 2.82 bits per heavy atom. The number of fused-ring (bicyclic) bond motifs is 1. The molecular weight excluding hydrogens is 358 g/mol. The van der Waals surface area contributed by atoms with Crippen molar-refractivity contribution >= 4 is 11.8 Å². The van der Waals surface area contributed by atoms with Gasteiger partial charge in [0.1, 0.15) is 5.60 Å². The molecule has 2 amide bonds. The lowest BCUT2D eigenvalue weighted by molar-refractivity contribution is -0.150. The van der Waals surface area contributed by atoms with E-state index in [0.717, 1.165) is 36.9 Å². The van der Waals surface area contributed by atoms with Gasteiger partial charge in [-0.3, -0.25) is 9.59 Å². The van der Waals surface area contributed by atoms with Gasteiger partial charge in [-0.05, 0) is 45.1 Å². The van der Waals surface area contributed by atoms with Crippen molar-refractivity contribution in [3.05, 3.63) is 22.9 Å². The molecule has 1 aliphatic carbocycles. The fourth-order valence-electron chi connectivity index (χ4n) is 4.56. The minimum absolute atomic E-state index is 0.0483. The van der Waals surface area contributed by atoms with Gasteiger partial charge >= 0.3 is 0 Å². The summed E-state index contributed by atoms with van der Waals surface area (Å²) in [5.41, 5.74) is 1.34. The lowest BCUT2D eigenvalue weighted by atomic mass is 9.95. The van der Waals surface area contributed by atoms with Crippen molar-refractivity contribution in [1.82, 2.24) is 15.2 Å². The van der Waals surface area contributed by atoms with Crippen LogP contribution in [0.1, 0.15) is 73.5 Å². The van der Waals surface area contributed by atoms with E-state index in [4.69, 9.17) is 9.47 Å². The zero-order valence-corrected chi connectivity index (χ0v) is 16.8. The monoisotopic (exact) mass is 387 g/mol. The largest absolute Gasteiger partial charge is 0.481 e. The van der Waals surface area contributed by atoms with Crippen molar-refractivity contribution < 1.29 is 19.1 Å². The first kappa shape index (κ1) is 19.2. The van der Waals surface area contributed by atoms with Gasteiger partial charge in [-0.2, -0.15) is 0 Å². The highest BCUT2D eigenvalue weighted by molar-refractivity contribution is 5.98. The maximum Gasteiger partial charge on any atom is 0.256 e. The summed E-state index contributed by atoms with van der Waals surface area (Å²) in [6.07, 6.45) is 7.19. The van der Waals surface area contributed by atoms with Crippen LogP contribution < -0.4 is 10.1 Å². The van der Waals surface area contributed by atoms with Gasteiger partial charge in [0.2, 0.25) is 5.88 Å². The molecule has 0 bridgehead atoms. The van der Waals surface area contributed by atoms with Crippen LogP contribution in [0.4, 0.5) is 0 Å². The molecule has 28 heavy (non-hydrogen) atoms. The highest BCUT2D eigenvalue weighted by Gasteiger charge is 2.37. The predicted octanol–water partition coefficient (Wildman–Crippen LogP) is 2.56. The molecule has 1 atom stereocenters. The third-order valence-electron chi connectivity index (χ3n) is 6.30. The number of carbonyl (C=O) groups is 2. The summed E-state index contributed by atoms with van der Waals surface area (Å²) >= 11 is 0. The van der Waals surface area contributed by atoms with Crippen LogP contribution in [0.2, 0.25) is 0 Å². The molecule has 1 aromatic heterocycles. The lowest BCUT2D eigenvalue weighted by Gasteiger charge is -2.32. The summed E-state index contributed by atoms with van der Waals surface area (Å²) in [5, 5.41) is 2.95. The first-order valence-corrected chi connectivity index (χ1v) is 10.3. The van der Waals surface area contributed by atoms with Crippen molar-refractivity contribution in [1.29, 1.82) is 0 Å². The van der Waals surface area contributed by atoms with Gasteiger partial charge in [0.15, 0.2) is 0 Å². The van der Waals surface area contributed by atoms with Gasteiger partial charge in [-0.15, -0.1) is 0 Å². The molecule has 2 aliphatic heterocycles. The van der Waals surface area contributed by atoms with E-state index in [2.05, 4.69) is 10.3 Å². The molecule has 0 radical (unpaired) electrons. The molecule has 3 aliphatic rings. The average Bonchev–Trinajstić information content (AvgIpc) is 3.34. The van der Waals surface area contributed by atoms with Crippen LogP contribution in [0.5, 0.6) is 5.88 Å². The zero-order valence-electron chi connectivity index (χ0n) is 16.8. The quantitative estimate of drug-likeness (QED) is 0.840. The molecule has 3 heterocycles. The Kier molecular flexibility index (Phi) is 5.27. The molecule has 1 saturated heterocycles. The Morgan fingerprint density at radius 1 is 1.36 bits per heavy atom. The number of nitrogens with one attached hydrogen (secondary N) is 1. The van der Waals surface area contributed by atoms with Crippen LogP contribution in [0.3, 0.4) is 0 Å². The van der Waals surface area contributed by atoms with Gasteiger partial charge in [0, 0.05) is 24.8 Å². The normalized spacial score (nSPS) is 25.1. The number of methoxy groups -OCH3 is 1. The van der Waals surface area contributed by atoms with Crippen LogP contribution in [-0.4, -0.2) is 47.1 Å². The predicted molar refractivity (Wildman–Crippen MR) is 103 cm³/mol. The minimum atomic E-state index is -0.787. The smallest absolute Gasteiger partial charge is 0.256 e. The van der Waals surface area contributed by atoms with E-state index in [9.17, 15) is 9.59 Å². The molecule has 1 N–H and O–H groups in total. The van der Waals surface area contributed by atoms with Crippen LogP contribution in [0, 0.1) is 0 Å². The molecule has 0 unspecified atom stereocenters. The van der Waals surface area contributed by atoms with Crippen LogP contribution in [0.15, 0.2) is 6.07 Å². The summed E-state index contributed by atoms with van der Waals surface area (Å²) in [6, 6.07) is 2.15. The summed E-state index contributed by atoms with van der Waals surface area (Å²) in [5.74, 6) is 0.385. The summed E-state index contributed by atoms with van der Waals surface area (Å²) in [6.45, 7) is 3.26. The maximum absolute atomic E-state index is 12.9. The number of hydrogen-bond donors (Lipinski definition) is 1. The van der Waals surface area contributed by atoms with Gasteiger partial charge in [-0.1, -0.05) is 12.8 Å². The highest BCUT2D eigenvalue weighted by Crippen LogP contribution is 2.33. The second-order valence-electron chi connectivity index (χ2n) is 8.24.